The van der Waals surface area contributed by atoms with E-state index in [2.05, 4.69) is 26.7 Å². The average molecular weight is 366 g/mol. The van der Waals surface area contributed by atoms with Gasteiger partial charge in [0.2, 0.25) is 5.95 Å². The van der Waals surface area contributed by atoms with E-state index in [1.54, 1.807) is 19.4 Å². The minimum atomic E-state index is -0.187. The lowest BCUT2D eigenvalue weighted by Crippen LogP contribution is -2.26. The summed E-state index contributed by atoms with van der Waals surface area (Å²) in [5.41, 5.74) is 3.64. The van der Waals surface area contributed by atoms with Gasteiger partial charge in [-0.1, -0.05) is 17.7 Å². The number of nitrogens with one attached hydrogen (secondary N) is 2. The van der Waals surface area contributed by atoms with Crippen molar-refractivity contribution >= 4 is 17.5 Å². The van der Waals surface area contributed by atoms with Crippen LogP contribution in [-0.2, 0) is 0 Å². The van der Waals surface area contributed by atoms with Crippen LogP contribution in [0.1, 0.15) is 48.2 Å². The zero-order valence-corrected chi connectivity index (χ0v) is 15.9. The topological polar surface area (TPSA) is 76.1 Å². The Balaban J connectivity index is 1.62. The second-order valence-electron chi connectivity index (χ2n) is 6.71. The number of methoxy groups -OCH3 is 1. The highest BCUT2D eigenvalue weighted by Crippen LogP contribution is 2.27. The van der Waals surface area contributed by atoms with Crippen LogP contribution in [0.4, 0.5) is 11.6 Å². The van der Waals surface area contributed by atoms with Crippen molar-refractivity contribution in [1.29, 1.82) is 0 Å². The molecule has 1 aromatic carbocycles. The molecule has 0 aliphatic heterocycles. The third-order valence-corrected chi connectivity index (χ3v) is 4.61. The van der Waals surface area contributed by atoms with Crippen molar-refractivity contribution in [2.24, 2.45) is 0 Å². The number of hydrogen-bond donors (Lipinski definition) is 2. The van der Waals surface area contributed by atoms with E-state index in [0.29, 0.717) is 23.9 Å². The predicted octanol–water partition coefficient (Wildman–Crippen LogP) is 4.16. The molecule has 2 aromatic rings. The monoisotopic (exact) mass is 366 g/mol. The molecule has 1 amide bonds. The molecule has 2 N–H and O–H groups in total. The Bertz CT molecular complexity index is 833. The second-order valence-corrected chi connectivity index (χ2v) is 6.71. The second kappa shape index (κ2) is 9.16. The van der Waals surface area contributed by atoms with E-state index < -0.39 is 0 Å². The molecule has 0 radical (unpaired) electrons. The number of rotatable bonds is 7. The molecule has 1 aliphatic carbocycles. The van der Waals surface area contributed by atoms with Crippen molar-refractivity contribution < 1.29 is 9.53 Å². The average Bonchev–Trinajstić information content (AvgIpc) is 2.69. The van der Waals surface area contributed by atoms with Gasteiger partial charge in [0.15, 0.2) is 0 Å². The first kappa shape index (κ1) is 18.9. The van der Waals surface area contributed by atoms with E-state index in [0.717, 1.165) is 30.5 Å². The number of amides is 1. The standard InChI is InChI=1S/C21H26N4O2/c1-15-8-9-19(27-2)18(14-15)25-21-23-13-11-17(24-21)20(26)22-12-10-16-6-4-3-5-7-16/h6,8-9,11,13-14H,3-5,7,10,12H2,1-2H3,(H,22,26)(H,23,24,25). The zero-order chi connectivity index (χ0) is 19.1. The number of anilines is 2. The summed E-state index contributed by atoms with van der Waals surface area (Å²) in [6.07, 6.45) is 9.63. The van der Waals surface area contributed by atoms with Crippen molar-refractivity contribution in [2.45, 2.75) is 39.0 Å². The van der Waals surface area contributed by atoms with Crippen LogP contribution >= 0.6 is 0 Å². The van der Waals surface area contributed by atoms with Crippen LogP contribution in [0.15, 0.2) is 42.1 Å². The number of carbonyl (C=O) groups excluding carboxylic acids is 1. The summed E-state index contributed by atoms with van der Waals surface area (Å²) in [5.74, 6) is 0.870. The van der Waals surface area contributed by atoms with Gasteiger partial charge in [0, 0.05) is 12.7 Å². The van der Waals surface area contributed by atoms with E-state index in [9.17, 15) is 4.79 Å². The van der Waals surface area contributed by atoms with Crippen LogP contribution in [0.5, 0.6) is 5.75 Å². The molecule has 0 saturated heterocycles. The van der Waals surface area contributed by atoms with E-state index >= 15 is 0 Å². The molecule has 1 heterocycles. The minimum Gasteiger partial charge on any atom is -0.495 e. The fourth-order valence-corrected chi connectivity index (χ4v) is 3.14. The van der Waals surface area contributed by atoms with Crippen LogP contribution < -0.4 is 15.4 Å². The number of carbonyl (C=O) groups is 1. The van der Waals surface area contributed by atoms with Gasteiger partial charge in [-0.3, -0.25) is 4.79 Å². The highest BCUT2D eigenvalue weighted by atomic mass is 16.5. The summed E-state index contributed by atoms with van der Waals surface area (Å²) in [7, 11) is 1.61. The van der Waals surface area contributed by atoms with Crippen molar-refractivity contribution in [3.05, 3.63) is 53.4 Å². The van der Waals surface area contributed by atoms with Gasteiger partial charge in [-0.25, -0.2) is 9.97 Å². The number of hydrogen-bond acceptors (Lipinski definition) is 5. The van der Waals surface area contributed by atoms with E-state index in [1.165, 1.54) is 18.4 Å². The molecule has 6 heteroatoms. The summed E-state index contributed by atoms with van der Waals surface area (Å²) in [4.78, 5) is 20.9. The molecule has 1 aliphatic rings. The molecule has 0 unspecified atom stereocenters. The van der Waals surface area contributed by atoms with Crippen LogP contribution in [0.3, 0.4) is 0 Å². The van der Waals surface area contributed by atoms with Gasteiger partial charge in [-0.15, -0.1) is 0 Å². The van der Waals surface area contributed by atoms with Gasteiger partial charge in [0.1, 0.15) is 11.4 Å². The third-order valence-electron chi connectivity index (χ3n) is 4.61. The molecule has 0 bridgehead atoms. The highest BCUT2D eigenvalue weighted by molar-refractivity contribution is 5.92. The largest absolute Gasteiger partial charge is 0.495 e. The lowest BCUT2D eigenvalue weighted by atomic mass is 9.97. The molecule has 27 heavy (non-hydrogen) atoms. The molecule has 0 atom stereocenters. The maximum Gasteiger partial charge on any atom is 0.270 e. The van der Waals surface area contributed by atoms with Crippen LogP contribution in [-0.4, -0.2) is 29.5 Å². The minimum absolute atomic E-state index is 0.187. The summed E-state index contributed by atoms with van der Waals surface area (Å²) in [5, 5.41) is 6.08. The Morgan fingerprint density at radius 3 is 2.93 bits per heavy atom. The first-order valence-electron chi connectivity index (χ1n) is 9.36. The molecule has 6 nitrogen and oxygen atoms in total. The zero-order valence-electron chi connectivity index (χ0n) is 15.9. The van der Waals surface area contributed by atoms with Crippen molar-refractivity contribution in [1.82, 2.24) is 15.3 Å². The molecule has 0 fully saturated rings. The fourth-order valence-electron chi connectivity index (χ4n) is 3.14. The Kier molecular flexibility index (Phi) is 6.41. The highest BCUT2D eigenvalue weighted by Gasteiger charge is 2.11. The van der Waals surface area contributed by atoms with Gasteiger partial charge < -0.3 is 15.4 Å². The van der Waals surface area contributed by atoms with E-state index in [1.807, 2.05) is 25.1 Å². The summed E-state index contributed by atoms with van der Waals surface area (Å²) in [6, 6.07) is 7.42. The smallest absolute Gasteiger partial charge is 0.270 e. The van der Waals surface area contributed by atoms with Crippen LogP contribution in [0.2, 0.25) is 0 Å². The number of ether oxygens (including phenoxy) is 1. The summed E-state index contributed by atoms with van der Waals surface area (Å²) in [6.45, 7) is 2.63. The fraction of sp³-hybridized carbons (Fsp3) is 0.381. The Labute approximate surface area is 160 Å². The van der Waals surface area contributed by atoms with E-state index in [4.69, 9.17) is 4.74 Å². The molecule has 3 rings (SSSR count). The predicted molar refractivity (Wildman–Crippen MR) is 107 cm³/mol. The normalized spacial score (nSPS) is 13.6. The Morgan fingerprint density at radius 2 is 2.15 bits per heavy atom. The van der Waals surface area contributed by atoms with Crippen molar-refractivity contribution in [2.75, 3.05) is 19.0 Å². The molecule has 0 spiro atoms. The summed E-state index contributed by atoms with van der Waals surface area (Å²) < 4.78 is 5.36. The lowest BCUT2D eigenvalue weighted by Gasteiger charge is -2.13. The maximum absolute atomic E-state index is 12.4. The number of allylic oxidation sites excluding steroid dienone is 1. The van der Waals surface area contributed by atoms with Gasteiger partial charge in [-0.05, 0) is 62.8 Å². The Morgan fingerprint density at radius 1 is 1.26 bits per heavy atom. The molecular formula is C21H26N4O2. The first-order valence-corrected chi connectivity index (χ1v) is 9.36. The van der Waals surface area contributed by atoms with Gasteiger partial charge >= 0.3 is 0 Å². The lowest BCUT2D eigenvalue weighted by molar-refractivity contribution is 0.0949. The number of nitrogens with zero attached hydrogens (tertiary/aromatic N) is 2. The molecule has 1 aromatic heterocycles. The van der Waals surface area contributed by atoms with Crippen molar-refractivity contribution in [3.8, 4) is 5.75 Å². The van der Waals surface area contributed by atoms with E-state index in [-0.39, 0.29) is 5.91 Å². The van der Waals surface area contributed by atoms with Gasteiger partial charge in [0.05, 0.1) is 12.8 Å². The summed E-state index contributed by atoms with van der Waals surface area (Å²) >= 11 is 0. The molecule has 142 valence electrons. The molecular weight excluding hydrogens is 340 g/mol. The van der Waals surface area contributed by atoms with Crippen LogP contribution in [0, 0.1) is 6.92 Å². The van der Waals surface area contributed by atoms with Crippen LogP contribution in [0.25, 0.3) is 0 Å². The quantitative estimate of drug-likeness (QED) is 0.720. The number of aromatic nitrogens is 2. The Hall–Kier alpha value is -2.89. The van der Waals surface area contributed by atoms with Gasteiger partial charge in [-0.2, -0.15) is 0 Å². The van der Waals surface area contributed by atoms with Gasteiger partial charge in [0.25, 0.3) is 5.91 Å². The van der Waals surface area contributed by atoms with Crippen molar-refractivity contribution in [3.63, 3.8) is 0 Å². The number of benzene rings is 1. The first-order chi connectivity index (χ1) is 13.2. The maximum atomic E-state index is 12.4. The number of aryl methyl sites for hydroxylation is 1. The third kappa shape index (κ3) is 5.29. The SMILES string of the molecule is COc1ccc(C)cc1Nc1nccc(C(=O)NCCC2=CCCCC2)n1. The molecule has 0 saturated carbocycles.